The molecule has 0 spiro atoms. The van der Waals surface area contributed by atoms with Gasteiger partial charge in [-0.2, -0.15) is 0 Å². The van der Waals surface area contributed by atoms with Gasteiger partial charge in [0.1, 0.15) is 0 Å². The van der Waals surface area contributed by atoms with E-state index in [4.69, 9.17) is 0 Å². The first-order valence-corrected chi connectivity index (χ1v) is 6.38. The Morgan fingerprint density at radius 2 is 1.50 bits per heavy atom. The van der Waals surface area contributed by atoms with Crippen molar-refractivity contribution in [1.29, 1.82) is 0 Å². The lowest BCUT2D eigenvalue weighted by atomic mass is 10.4. The van der Waals surface area contributed by atoms with E-state index in [0.29, 0.717) is 0 Å². The van der Waals surface area contributed by atoms with E-state index in [2.05, 4.69) is 10.6 Å². The van der Waals surface area contributed by atoms with Crippen LogP contribution in [0.15, 0.2) is 0 Å². The molecule has 0 unspecified atom stereocenters. The van der Waals surface area contributed by atoms with Crippen molar-refractivity contribution in [2.45, 2.75) is 12.8 Å². The number of nitrogens with one attached hydrogen (secondary N) is 2. The second kappa shape index (κ2) is 6.48. The van der Waals surface area contributed by atoms with E-state index in [1.165, 1.54) is 12.8 Å². The maximum absolute atomic E-state index is 11.0. The standard InChI is InChI=1S/C7H14N2OS2/c10-7-8-5-11-3-1-2-4-12-6-9-7/h1-6H2,(H2,8,9,10). The second-order valence-electron chi connectivity index (χ2n) is 2.49. The fraction of sp³-hybridized carbons (Fsp3) is 0.857. The molecule has 2 N–H and O–H groups in total. The molecule has 0 aromatic heterocycles. The lowest BCUT2D eigenvalue weighted by Gasteiger charge is -2.04. The van der Waals surface area contributed by atoms with Gasteiger partial charge in [0, 0.05) is 0 Å². The zero-order valence-electron chi connectivity index (χ0n) is 6.97. The van der Waals surface area contributed by atoms with Gasteiger partial charge in [0.15, 0.2) is 0 Å². The highest BCUT2D eigenvalue weighted by Crippen LogP contribution is 2.08. The quantitative estimate of drug-likeness (QED) is 0.630. The normalized spacial score (nSPS) is 21.8. The molecule has 1 aliphatic heterocycles. The minimum absolute atomic E-state index is 0.0445. The summed E-state index contributed by atoms with van der Waals surface area (Å²) in [7, 11) is 0. The molecule has 5 heteroatoms. The molecule has 70 valence electrons. The molecule has 0 aromatic rings. The van der Waals surface area contributed by atoms with Gasteiger partial charge in [-0.25, -0.2) is 4.79 Å². The monoisotopic (exact) mass is 206 g/mol. The SMILES string of the molecule is O=C1NCSCCCCSCN1. The summed E-state index contributed by atoms with van der Waals surface area (Å²) in [5, 5.41) is 5.56. The Morgan fingerprint density at radius 3 is 2.00 bits per heavy atom. The van der Waals surface area contributed by atoms with Crippen LogP contribution in [0.2, 0.25) is 0 Å². The number of hydrogen-bond donors (Lipinski definition) is 2. The Hall–Kier alpha value is -0.0300. The Kier molecular flexibility index (Phi) is 5.43. The zero-order valence-corrected chi connectivity index (χ0v) is 8.60. The fourth-order valence-electron chi connectivity index (χ4n) is 0.848. The molecule has 1 saturated heterocycles. The highest BCUT2D eigenvalue weighted by Gasteiger charge is 2.00. The molecule has 3 nitrogen and oxygen atoms in total. The van der Waals surface area contributed by atoms with E-state index in [9.17, 15) is 4.79 Å². The molecule has 1 heterocycles. The first-order valence-electron chi connectivity index (χ1n) is 4.07. The van der Waals surface area contributed by atoms with Crippen molar-refractivity contribution in [2.75, 3.05) is 23.3 Å². The molecule has 0 bridgehead atoms. The molecule has 1 rings (SSSR count). The third-order valence-electron chi connectivity index (χ3n) is 1.50. The maximum atomic E-state index is 11.0. The number of thioether (sulfide) groups is 2. The fourth-order valence-corrected chi connectivity index (χ4v) is 2.42. The summed E-state index contributed by atoms with van der Waals surface area (Å²) >= 11 is 3.57. The second-order valence-corrected chi connectivity index (χ2v) is 4.71. The molecule has 1 fully saturated rings. The number of hydrogen-bond acceptors (Lipinski definition) is 3. The van der Waals surface area contributed by atoms with Crippen molar-refractivity contribution in [1.82, 2.24) is 10.6 Å². The van der Waals surface area contributed by atoms with Crippen LogP contribution in [0.5, 0.6) is 0 Å². The third kappa shape index (κ3) is 4.77. The van der Waals surface area contributed by atoms with Crippen LogP contribution in [-0.2, 0) is 0 Å². The van der Waals surface area contributed by atoms with E-state index in [-0.39, 0.29) is 6.03 Å². The molecule has 0 saturated carbocycles. The number of amides is 2. The van der Waals surface area contributed by atoms with Crippen molar-refractivity contribution in [3.05, 3.63) is 0 Å². The highest BCUT2D eigenvalue weighted by atomic mass is 32.2. The highest BCUT2D eigenvalue weighted by molar-refractivity contribution is 7.99. The van der Waals surface area contributed by atoms with Crippen LogP contribution in [0.25, 0.3) is 0 Å². The van der Waals surface area contributed by atoms with Crippen molar-refractivity contribution in [2.24, 2.45) is 0 Å². The minimum atomic E-state index is -0.0445. The van der Waals surface area contributed by atoms with Gasteiger partial charge >= 0.3 is 6.03 Å². The minimum Gasteiger partial charge on any atom is -0.329 e. The summed E-state index contributed by atoms with van der Waals surface area (Å²) in [6.45, 7) is 0. The van der Waals surface area contributed by atoms with E-state index in [1.54, 1.807) is 23.5 Å². The van der Waals surface area contributed by atoms with Gasteiger partial charge in [0.2, 0.25) is 0 Å². The van der Waals surface area contributed by atoms with Crippen molar-refractivity contribution < 1.29 is 4.79 Å². The molecule has 0 aromatic carbocycles. The van der Waals surface area contributed by atoms with Gasteiger partial charge in [0.25, 0.3) is 0 Å². The maximum Gasteiger partial charge on any atom is 0.316 e. The molecule has 1 aliphatic rings. The average molecular weight is 206 g/mol. The summed E-state index contributed by atoms with van der Waals surface area (Å²) in [4.78, 5) is 11.0. The Bertz CT molecular complexity index is 129. The van der Waals surface area contributed by atoms with Crippen LogP contribution in [-0.4, -0.2) is 29.3 Å². The van der Waals surface area contributed by atoms with Crippen LogP contribution < -0.4 is 10.6 Å². The third-order valence-corrected chi connectivity index (χ3v) is 3.35. The molecule has 0 radical (unpaired) electrons. The Balaban J connectivity index is 2.17. The summed E-state index contributed by atoms with van der Waals surface area (Å²) in [6.07, 6.45) is 2.51. The summed E-state index contributed by atoms with van der Waals surface area (Å²) in [5.41, 5.74) is 0. The Labute approximate surface area is 81.4 Å². The first kappa shape index (κ1) is 10.1. The molecule has 0 aliphatic carbocycles. The topological polar surface area (TPSA) is 41.1 Å². The Morgan fingerprint density at radius 1 is 1.00 bits per heavy atom. The predicted octanol–water partition coefficient (Wildman–Crippen LogP) is 1.46. The van der Waals surface area contributed by atoms with E-state index < -0.39 is 0 Å². The number of urea groups is 1. The summed E-state index contributed by atoms with van der Waals surface area (Å²) in [6, 6.07) is -0.0445. The molecular formula is C7H14N2OS2. The van der Waals surface area contributed by atoms with Gasteiger partial charge in [0.05, 0.1) is 11.8 Å². The average Bonchev–Trinajstić information content (AvgIpc) is 2.11. The van der Waals surface area contributed by atoms with Gasteiger partial charge < -0.3 is 10.6 Å². The van der Waals surface area contributed by atoms with Crippen LogP contribution in [0.3, 0.4) is 0 Å². The van der Waals surface area contributed by atoms with Gasteiger partial charge in [-0.15, -0.1) is 23.5 Å². The van der Waals surface area contributed by atoms with E-state index >= 15 is 0 Å². The van der Waals surface area contributed by atoms with Crippen molar-refractivity contribution in [3.8, 4) is 0 Å². The molecular weight excluding hydrogens is 192 g/mol. The number of carbonyl (C=O) groups is 1. The summed E-state index contributed by atoms with van der Waals surface area (Å²) in [5.74, 6) is 3.77. The first-order chi connectivity index (χ1) is 5.89. The molecule has 0 atom stereocenters. The zero-order chi connectivity index (χ0) is 8.65. The number of rotatable bonds is 0. The van der Waals surface area contributed by atoms with Gasteiger partial charge in [-0.3, -0.25) is 0 Å². The largest absolute Gasteiger partial charge is 0.329 e. The van der Waals surface area contributed by atoms with E-state index in [1.807, 2.05) is 0 Å². The number of carbonyl (C=O) groups excluding carboxylic acids is 1. The van der Waals surface area contributed by atoms with Crippen LogP contribution >= 0.6 is 23.5 Å². The van der Waals surface area contributed by atoms with Gasteiger partial charge in [-0.05, 0) is 24.3 Å². The molecule has 2 amide bonds. The van der Waals surface area contributed by atoms with Crippen molar-refractivity contribution >= 4 is 29.6 Å². The van der Waals surface area contributed by atoms with Gasteiger partial charge in [-0.1, -0.05) is 0 Å². The summed E-state index contributed by atoms with van der Waals surface area (Å²) < 4.78 is 0. The molecule has 12 heavy (non-hydrogen) atoms. The lowest BCUT2D eigenvalue weighted by Crippen LogP contribution is -2.34. The van der Waals surface area contributed by atoms with Crippen molar-refractivity contribution in [3.63, 3.8) is 0 Å². The van der Waals surface area contributed by atoms with Crippen LogP contribution in [0, 0.1) is 0 Å². The van der Waals surface area contributed by atoms with E-state index in [0.717, 1.165) is 23.3 Å². The van der Waals surface area contributed by atoms with Crippen LogP contribution in [0.1, 0.15) is 12.8 Å². The van der Waals surface area contributed by atoms with Crippen LogP contribution in [0.4, 0.5) is 4.79 Å². The smallest absolute Gasteiger partial charge is 0.316 e. The predicted molar refractivity (Wildman–Crippen MR) is 55.6 cm³/mol. The lowest BCUT2D eigenvalue weighted by molar-refractivity contribution is 0.244.